The molecular formula is C14H17F3O. The number of alkyl halides is 3. The van der Waals surface area contributed by atoms with E-state index in [9.17, 15) is 13.2 Å². The molecule has 1 aliphatic rings. The van der Waals surface area contributed by atoms with Crippen molar-refractivity contribution < 1.29 is 17.9 Å². The summed E-state index contributed by atoms with van der Waals surface area (Å²) in [4.78, 5) is 0. The first-order valence-electron chi connectivity index (χ1n) is 6.09. The lowest BCUT2D eigenvalue weighted by molar-refractivity contribution is -0.262. The zero-order chi connectivity index (χ0) is 13.4. The maximum atomic E-state index is 13.1. The molecule has 0 aliphatic carbocycles. The predicted molar refractivity (Wildman–Crippen MR) is 63.5 cm³/mol. The highest BCUT2D eigenvalue weighted by Crippen LogP contribution is 2.46. The fourth-order valence-corrected chi connectivity index (χ4v) is 2.23. The summed E-state index contributed by atoms with van der Waals surface area (Å²) in [6.45, 7) is 3.65. The molecule has 100 valence electrons. The lowest BCUT2D eigenvalue weighted by Crippen LogP contribution is -2.57. The fourth-order valence-electron chi connectivity index (χ4n) is 2.23. The molecule has 0 atom stereocenters. The zero-order valence-corrected chi connectivity index (χ0v) is 10.6. The van der Waals surface area contributed by atoms with Crippen LogP contribution in [0.25, 0.3) is 0 Å². The maximum absolute atomic E-state index is 13.1. The van der Waals surface area contributed by atoms with E-state index in [0.29, 0.717) is 11.5 Å². The maximum Gasteiger partial charge on any atom is 0.402 e. The first kappa shape index (κ1) is 13.4. The first-order valence-corrected chi connectivity index (χ1v) is 6.09. The molecule has 1 aromatic rings. The van der Waals surface area contributed by atoms with Crippen molar-refractivity contribution in [1.29, 1.82) is 0 Å². The third-order valence-corrected chi connectivity index (χ3v) is 3.39. The van der Waals surface area contributed by atoms with Gasteiger partial charge in [0.1, 0.15) is 5.41 Å². The van der Waals surface area contributed by atoms with Crippen molar-refractivity contribution in [2.75, 3.05) is 13.2 Å². The SMILES string of the molecule is CC(C)Cc1ccc(C2(C(F)(F)F)COC2)cc1. The van der Waals surface area contributed by atoms with Gasteiger partial charge in [-0.1, -0.05) is 38.1 Å². The highest BCUT2D eigenvalue weighted by Gasteiger charge is 2.60. The van der Waals surface area contributed by atoms with E-state index >= 15 is 0 Å². The summed E-state index contributed by atoms with van der Waals surface area (Å²) in [5, 5.41) is 0. The van der Waals surface area contributed by atoms with Gasteiger partial charge in [0.05, 0.1) is 13.2 Å². The third-order valence-electron chi connectivity index (χ3n) is 3.39. The molecule has 1 fully saturated rings. The van der Waals surface area contributed by atoms with Gasteiger partial charge in [-0.2, -0.15) is 13.2 Å². The van der Waals surface area contributed by atoms with Crippen LogP contribution in [0.4, 0.5) is 13.2 Å². The van der Waals surface area contributed by atoms with E-state index in [-0.39, 0.29) is 13.2 Å². The van der Waals surface area contributed by atoms with Crippen molar-refractivity contribution in [2.45, 2.75) is 31.9 Å². The normalized spacial score (nSPS) is 18.8. The Morgan fingerprint density at radius 1 is 1.17 bits per heavy atom. The van der Waals surface area contributed by atoms with Crippen molar-refractivity contribution in [3.05, 3.63) is 35.4 Å². The van der Waals surface area contributed by atoms with Crippen molar-refractivity contribution in [3.8, 4) is 0 Å². The minimum Gasteiger partial charge on any atom is -0.379 e. The number of rotatable bonds is 3. The molecule has 1 aromatic carbocycles. The fraction of sp³-hybridized carbons (Fsp3) is 0.571. The van der Waals surface area contributed by atoms with Crippen LogP contribution in [0.2, 0.25) is 0 Å². The van der Waals surface area contributed by atoms with Crippen LogP contribution in [0.1, 0.15) is 25.0 Å². The minimum atomic E-state index is -4.25. The van der Waals surface area contributed by atoms with Gasteiger partial charge in [0, 0.05) is 0 Å². The Balaban J connectivity index is 2.23. The smallest absolute Gasteiger partial charge is 0.379 e. The topological polar surface area (TPSA) is 9.23 Å². The van der Waals surface area contributed by atoms with Crippen molar-refractivity contribution >= 4 is 0 Å². The van der Waals surface area contributed by atoms with Crippen molar-refractivity contribution in [2.24, 2.45) is 5.92 Å². The molecule has 0 bridgehead atoms. The molecule has 0 N–H and O–H groups in total. The zero-order valence-electron chi connectivity index (χ0n) is 10.6. The van der Waals surface area contributed by atoms with Gasteiger partial charge >= 0.3 is 6.18 Å². The Kier molecular flexibility index (Phi) is 3.41. The van der Waals surface area contributed by atoms with Crippen molar-refractivity contribution in [1.82, 2.24) is 0 Å². The standard InChI is InChI=1S/C14H17F3O/c1-10(2)7-11-3-5-12(6-4-11)13(8-18-9-13)14(15,16)17/h3-6,10H,7-9H2,1-2H3. The van der Waals surface area contributed by atoms with Gasteiger partial charge in [0.15, 0.2) is 0 Å². The van der Waals surface area contributed by atoms with Gasteiger partial charge in [0.2, 0.25) is 0 Å². The van der Waals surface area contributed by atoms with Gasteiger partial charge in [-0.25, -0.2) is 0 Å². The van der Waals surface area contributed by atoms with Crippen LogP contribution < -0.4 is 0 Å². The summed E-state index contributed by atoms with van der Waals surface area (Å²) in [5.74, 6) is 0.500. The molecule has 0 saturated carbocycles. The second-order valence-electron chi connectivity index (χ2n) is 5.37. The van der Waals surface area contributed by atoms with Crippen LogP contribution in [0.5, 0.6) is 0 Å². The lowest BCUT2D eigenvalue weighted by Gasteiger charge is -2.43. The summed E-state index contributed by atoms with van der Waals surface area (Å²) < 4.78 is 44.0. The van der Waals surface area contributed by atoms with E-state index in [2.05, 4.69) is 13.8 Å². The molecule has 1 heterocycles. The van der Waals surface area contributed by atoms with Crippen LogP contribution in [0.3, 0.4) is 0 Å². The molecule has 2 rings (SSSR count). The molecular weight excluding hydrogens is 241 g/mol. The van der Waals surface area contributed by atoms with E-state index in [4.69, 9.17) is 4.74 Å². The average Bonchev–Trinajstić information content (AvgIpc) is 2.15. The Morgan fingerprint density at radius 3 is 2.06 bits per heavy atom. The highest BCUT2D eigenvalue weighted by atomic mass is 19.4. The molecule has 4 heteroatoms. The largest absolute Gasteiger partial charge is 0.402 e. The van der Waals surface area contributed by atoms with Crippen LogP contribution in [-0.4, -0.2) is 19.4 Å². The molecule has 0 unspecified atom stereocenters. The molecule has 18 heavy (non-hydrogen) atoms. The molecule has 1 nitrogen and oxygen atoms in total. The van der Waals surface area contributed by atoms with E-state index < -0.39 is 11.6 Å². The summed E-state index contributed by atoms with van der Waals surface area (Å²) in [6.07, 6.45) is -3.36. The van der Waals surface area contributed by atoms with E-state index in [1.165, 1.54) is 0 Å². The lowest BCUT2D eigenvalue weighted by atomic mass is 9.77. The number of ether oxygens (including phenoxy) is 1. The van der Waals surface area contributed by atoms with Gasteiger partial charge < -0.3 is 4.74 Å². The van der Waals surface area contributed by atoms with Crippen LogP contribution in [-0.2, 0) is 16.6 Å². The molecule has 0 aromatic heterocycles. The monoisotopic (exact) mass is 258 g/mol. The van der Waals surface area contributed by atoms with Crippen LogP contribution in [0.15, 0.2) is 24.3 Å². The number of hydrogen-bond donors (Lipinski definition) is 0. The predicted octanol–water partition coefficient (Wildman–Crippen LogP) is 3.72. The minimum absolute atomic E-state index is 0.264. The van der Waals surface area contributed by atoms with Gasteiger partial charge in [-0.15, -0.1) is 0 Å². The third kappa shape index (κ3) is 2.26. The first-order chi connectivity index (χ1) is 8.35. The number of halogens is 3. The van der Waals surface area contributed by atoms with E-state index in [1.807, 2.05) is 0 Å². The summed E-state index contributed by atoms with van der Waals surface area (Å²) in [5.41, 5.74) is -0.399. The Labute approximate surface area is 105 Å². The summed E-state index contributed by atoms with van der Waals surface area (Å²) in [6, 6.07) is 6.77. The molecule has 1 saturated heterocycles. The van der Waals surface area contributed by atoms with Gasteiger partial charge in [-0.3, -0.25) is 0 Å². The number of hydrogen-bond acceptors (Lipinski definition) is 1. The molecule has 0 spiro atoms. The Morgan fingerprint density at radius 2 is 1.72 bits per heavy atom. The number of benzene rings is 1. The summed E-state index contributed by atoms with van der Waals surface area (Å²) >= 11 is 0. The summed E-state index contributed by atoms with van der Waals surface area (Å²) in [7, 11) is 0. The highest BCUT2D eigenvalue weighted by molar-refractivity contribution is 5.33. The van der Waals surface area contributed by atoms with E-state index in [1.54, 1.807) is 24.3 Å². The van der Waals surface area contributed by atoms with Crippen LogP contribution in [0, 0.1) is 5.92 Å². The Bertz CT molecular complexity index is 402. The van der Waals surface area contributed by atoms with E-state index in [0.717, 1.165) is 12.0 Å². The molecule has 0 radical (unpaired) electrons. The second kappa shape index (κ2) is 4.57. The second-order valence-corrected chi connectivity index (χ2v) is 5.37. The van der Waals surface area contributed by atoms with Crippen molar-refractivity contribution in [3.63, 3.8) is 0 Å². The quantitative estimate of drug-likeness (QED) is 0.803. The Hall–Kier alpha value is -1.03. The van der Waals surface area contributed by atoms with Crippen LogP contribution >= 0.6 is 0 Å². The van der Waals surface area contributed by atoms with Gasteiger partial charge in [-0.05, 0) is 23.5 Å². The van der Waals surface area contributed by atoms with Gasteiger partial charge in [0.25, 0.3) is 0 Å². The average molecular weight is 258 g/mol. The molecule has 0 amide bonds. The molecule has 1 aliphatic heterocycles.